The number of carbonyl (C=O) groups is 1. The Morgan fingerprint density at radius 3 is 2.55 bits per heavy atom. The van der Waals surface area contributed by atoms with Gasteiger partial charge in [0.2, 0.25) is 0 Å². The Balaban J connectivity index is 2.15. The van der Waals surface area contributed by atoms with Crippen molar-refractivity contribution >= 4 is 5.91 Å². The monoisotopic (exact) mass is 271 g/mol. The first-order valence-electron chi connectivity index (χ1n) is 6.80. The predicted octanol–water partition coefficient (Wildman–Crippen LogP) is 2.03. The van der Waals surface area contributed by atoms with Gasteiger partial charge in [-0.3, -0.25) is 4.79 Å². The highest BCUT2D eigenvalue weighted by Crippen LogP contribution is 2.21. The molecule has 0 fully saturated rings. The summed E-state index contributed by atoms with van der Waals surface area (Å²) >= 11 is 0. The minimum absolute atomic E-state index is 0.0446. The Morgan fingerprint density at radius 1 is 1.20 bits per heavy atom. The lowest BCUT2D eigenvalue weighted by atomic mass is 10.2. The minimum atomic E-state index is -0.0446. The van der Waals surface area contributed by atoms with Gasteiger partial charge in [0, 0.05) is 25.3 Å². The zero-order valence-corrected chi connectivity index (χ0v) is 12.2. The topological polar surface area (TPSA) is 46.1 Å². The zero-order valence-electron chi connectivity index (χ0n) is 12.2. The van der Waals surface area contributed by atoms with Crippen molar-refractivity contribution in [3.8, 4) is 11.3 Å². The maximum atomic E-state index is 12.2. The van der Waals surface area contributed by atoms with Crippen molar-refractivity contribution in [2.24, 2.45) is 7.05 Å². The number of nitrogens with one attached hydrogen (secondary N) is 2. The smallest absolute Gasteiger partial charge is 0.267 e. The lowest BCUT2D eigenvalue weighted by molar-refractivity contribution is 0.0942. The molecule has 1 atom stereocenters. The van der Waals surface area contributed by atoms with E-state index in [1.807, 2.05) is 68.1 Å². The molecule has 0 radical (unpaired) electrons. The summed E-state index contributed by atoms with van der Waals surface area (Å²) in [6.45, 7) is 2.64. The van der Waals surface area contributed by atoms with Crippen molar-refractivity contribution in [1.29, 1.82) is 0 Å². The SMILES string of the molecule is CNC(C)CNC(=O)c1ccc(-c2ccccc2)n1C. The van der Waals surface area contributed by atoms with Gasteiger partial charge in [-0.1, -0.05) is 30.3 Å². The van der Waals surface area contributed by atoms with Crippen molar-refractivity contribution in [2.75, 3.05) is 13.6 Å². The molecule has 0 aliphatic carbocycles. The molecule has 1 amide bonds. The highest BCUT2D eigenvalue weighted by Gasteiger charge is 2.13. The van der Waals surface area contributed by atoms with Gasteiger partial charge in [0.1, 0.15) is 5.69 Å². The summed E-state index contributed by atoms with van der Waals surface area (Å²) in [6.07, 6.45) is 0. The fraction of sp³-hybridized carbons (Fsp3) is 0.312. The molecule has 2 aromatic rings. The average Bonchev–Trinajstić information content (AvgIpc) is 2.87. The van der Waals surface area contributed by atoms with Crippen LogP contribution in [0.15, 0.2) is 42.5 Å². The van der Waals surface area contributed by atoms with Gasteiger partial charge in [-0.2, -0.15) is 0 Å². The number of hydrogen-bond donors (Lipinski definition) is 2. The van der Waals surface area contributed by atoms with Gasteiger partial charge in [0.25, 0.3) is 5.91 Å². The van der Waals surface area contributed by atoms with Crippen molar-refractivity contribution in [3.05, 3.63) is 48.2 Å². The van der Waals surface area contributed by atoms with Crippen LogP contribution < -0.4 is 10.6 Å². The molecule has 0 spiro atoms. The summed E-state index contributed by atoms with van der Waals surface area (Å²) < 4.78 is 1.93. The number of nitrogens with zero attached hydrogens (tertiary/aromatic N) is 1. The third kappa shape index (κ3) is 3.08. The van der Waals surface area contributed by atoms with E-state index in [1.165, 1.54) is 0 Å². The molecule has 1 unspecified atom stereocenters. The molecule has 1 aromatic heterocycles. The van der Waals surface area contributed by atoms with Crippen LogP contribution in [-0.4, -0.2) is 30.1 Å². The van der Waals surface area contributed by atoms with Crippen LogP contribution in [0.1, 0.15) is 17.4 Å². The van der Waals surface area contributed by atoms with Crippen LogP contribution in [-0.2, 0) is 7.05 Å². The number of amides is 1. The highest BCUT2D eigenvalue weighted by atomic mass is 16.1. The number of hydrogen-bond acceptors (Lipinski definition) is 2. The third-order valence-corrected chi connectivity index (χ3v) is 3.49. The van der Waals surface area contributed by atoms with Crippen LogP contribution in [0.3, 0.4) is 0 Å². The lowest BCUT2D eigenvalue weighted by Gasteiger charge is -2.12. The predicted molar refractivity (Wildman–Crippen MR) is 81.7 cm³/mol. The first-order valence-corrected chi connectivity index (χ1v) is 6.80. The normalized spacial score (nSPS) is 12.2. The molecule has 4 nitrogen and oxygen atoms in total. The van der Waals surface area contributed by atoms with E-state index in [9.17, 15) is 4.79 Å². The van der Waals surface area contributed by atoms with Crippen molar-refractivity contribution in [3.63, 3.8) is 0 Å². The molecule has 20 heavy (non-hydrogen) atoms. The van der Waals surface area contributed by atoms with E-state index in [0.717, 1.165) is 11.3 Å². The van der Waals surface area contributed by atoms with E-state index in [1.54, 1.807) is 0 Å². The highest BCUT2D eigenvalue weighted by molar-refractivity contribution is 5.93. The number of rotatable bonds is 5. The van der Waals surface area contributed by atoms with E-state index in [-0.39, 0.29) is 11.9 Å². The summed E-state index contributed by atoms with van der Waals surface area (Å²) in [4.78, 5) is 12.2. The lowest BCUT2D eigenvalue weighted by Crippen LogP contribution is -2.37. The van der Waals surface area contributed by atoms with E-state index in [4.69, 9.17) is 0 Å². The Labute approximate surface area is 119 Å². The van der Waals surface area contributed by atoms with E-state index in [0.29, 0.717) is 12.2 Å². The van der Waals surface area contributed by atoms with Gasteiger partial charge in [-0.25, -0.2) is 0 Å². The van der Waals surface area contributed by atoms with E-state index >= 15 is 0 Å². The molecule has 0 aliphatic heterocycles. The molecule has 4 heteroatoms. The average molecular weight is 271 g/mol. The van der Waals surface area contributed by atoms with Crippen LogP contribution in [0.5, 0.6) is 0 Å². The standard InChI is InChI=1S/C16H21N3O/c1-12(17-2)11-18-16(20)15-10-9-14(19(15)3)13-7-5-4-6-8-13/h4-10,12,17H,11H2,1-3H3,(H,18,20). The van der Waals surface area contributed by atoms with Gasteiger partial charge in [-0.05, 0) is 31.7 Å². The van der Waals surface area contributed by atoms with Crippen molar-refractivity contribution in [2.45, 2.75) is 13.0 Å². The molecule has 2 N–H and O–H groups in total. The van der Waals surface area contributed by atoms with Gasteiger partial charge in [0.05, 0.1) is 0 Å². The Morgan fingerprint density at radius 2 is 1.90 bits per heavy atom. The summed E-state index contributed by atoms with van der Waals surface area (Å²) in [5.41, 5.74) is 2.82. The fourth-order valence-corrected chi connectivity index (χ4v) is 2.08. The van der Waals surface area contributed by atoms with Crippen LogP contribution in [0, 0.1) is 0 Å². The summed E-state index contributed by atoms with van der Waals surface area (Å²) in [5, 5.41) is 6.03. The van der Waals surface area contributed by atoms with Gasteiger partial charge >= 0.3 is 0 Å². The first-order chi connectivity index (χ1) is 9.63. The molecule has 0 bridgehead atoms. The molecule has 1 heterocycles. The van der Waals surface area contributed by atoms with Crippen LogP contribution in [0.25, 0.3) is 11.3 Å². The second-order valence-corrected chi connectivity index (χ2v) is 4.93. The number of aromatic nitrogens is 1. The van der Waals surface area contributed by atoms with Gasteiger partial charge in [-0.15, -0.1) is 0 Å². The molecule has 1 aromatic carbocycles. The maximum Gasteiger partial charge on any atom is 0.267 e. The molecule has 0 saturated heterocycles. The molecule has 2 rings (SSSR count). The number of likely N-dealkylation sites (N-methyl/N-ethyl adjacent to an activating group) is 1. The van der Waals surface area contributed by atoms with Crippen molar-refractivity contribution in [1.82, 2.24) is 15.2 Å². The van der Waals surface area contributed by atoms with Crippen molar-refractivity contribution < 1.29 is 4.79 Å². The summed E-state index contributed by atoms with van der Waals surface area (Å²) in [6, 6.07) is 14.2. The molecule has 0 saturated carbocycles. The molecule has 106 valence electrons. The molecule has 0 aliphatic rings. The zero-order chi connectivity index (χ0) is 14.5. The second kappa shape index (κ2) is 6.39. The maximum absolute atomic E-state index is 12.2. The first kappa shape index (κ1) is 14.3. The largest absolute Gasteiger partial charge is 0.349 e. The second-order valence-electron chi connectivity index (χ2n) is 4.93. The fourth-order valence-electron chi connectivity index (χ4n) is 2.08. The quantitative estimate of drug-likeness (QED) is 0.874. The van der Waals surface area contributed by atoms with E-state index < -0.39 is 0 Å². The number of benzene rings is 1. The van der Waals surface area contributed by atoms with Gasteiger partial charge in [0.15, 0.2) is 0 Å². The van der Waals surface area contributed by atoms with Crippen LogP contribution in [0.2, 0.25) is 0 Å². The minimum Gasteiger partial charge on any atom is -0.349 e. The van der Waals surface area contributed by atoms with Crippen LogP contribution in [0.4, 0.5) is 0 Å². The summed E-state index contributed by atoms with van der Waals surface area (Å²) in [5.74, 6) is -0.0446. The Bertz CT molecular complexity index is 575. The van der Waals surface area contributed by atoms with Gasteiger partial charge < -0.3 is 15.2 Å². The number of carbonyl (C=O) groups excluding carboxylic acids is 1. The Hall–Kier alpha value is -2.07. The molecular formula is C16H21N3O. The summed E-state index contributed by atoms with van der Waals surface area (Å²) in [7, 11) is 3.80. The Kier molecular flexibility index (Phi) is 4.58. The third-order valence-electron chi connectivity index (χ3n) is 3.49. The van der Waals surface area contributed by atoms with Crippen LogP contribution >= 0.6 is 0 Å². The molecular weight excluding hydrogens is 250 g/mol. The van der Waals surface area contributed by atoms with E-state index in [2.05, 4.69) is 10.6 Å².